The molecule has 26 heavy (non-hydrogen) atoms. The van der Waals surface area contributed by atoms with Crippen LogP contribution in [0.4, 0.5) is 0 Å². The van der Waals surface area contributed by atoms with Crippen molar-refractivity contribution in [2.75, 3.05) is 19.8 Å². The maximum Gasteiger partial charge on any atom is 0.344 e. The molecule has 0 heterocycles. The molecule has 1 aromatic carbocycles. The van der Waals surface area contributed by atoms with Crippen LogP contribution >= 0.6 is 0 Å². The maximum absolute atomic E-state index is 12.0. The third-order valence-corrected chi connectivity index (χ3v) is 4.91. The first-order valence-electron chi connectivity index (χ1n) is 9.30. The Kier molecular flexibility index (Phi) is 7.75. The monoisotopic (exact) mass is 363 g/mol. The van der Waals surface area contributed by atoms with Crippen LogP contribution in [0.1, 0.15) is 40.0 Å². The van der Waals surface area contributed by atoms with Crippen molar-refractivity contribution in [2.45, 2.75) is 46.1 Å². The van der Waals surface area contributed by atoms with E-state index < -0.39 is 5.97 Å². The largest absolute Gasteiger partial charge is 0.490 e. The Hall–Kier alpha value is -2.24. The minimum absolute atomic E-state index is 0.152. The summed E-state index contributed by atoms with van der Waals surface area (Å²) < 4.78 is 15.9. The molecule has 1 aliphatic rings. The van der Waals surface area contributed by atoms with Crippen LogP contribution in [0.15, 0.2) is 24.3 Å². The Morgan fingerprint density at radius 3 is 2.46 bits per heavy atom. The molecule has 1 saturated carbocycles. The van der Waals surface area contributed by atoms with Gasteiger partial charge in [0.25, 0.3) is 5.91 Å². The minimum Gasteiger partial charge on any atom is -0.490 e. The van der Waals surface area contributed by atoms with Crippen molar-refractivity contribution in [2.24, 2.45) is 11.8 Å². The molecule has 1 aliphatic carbocycles. The smallest absolute Gasteiger partial charge is 0.344 e. The third-order valence-electron chi connectivity index (χ3n) is 4.91. The van der Waals surface area contributed by atoms with Gasteiger partial charge in [0, 0.05) is 6.04 Å². The zero-order chi connectivity index (χ0) is 18.9. The molecule has 1 amide bonds. The van der Waals surface area contributed by atoms with Crippen LogP contribution in [0.5, 0.6) is 11.5 Å². The second-order valence-corrected chi connectivity index (χ2v) is 6.77. The van der Waals surface area contributed by atoms with Gasteiger partial charge in [-0.2, -0.15) is 0 Å². The Balaban J connectivity index is 1.72. The lowest BCUT2D eigenvalue weighted by molar-refractivity contribution is -0.150. The predicted octanol–water partition coefficient (Wildman–Crippen LogP) is 2.95. The van der Waals surface area contributed by atoms with E-state index in [1.165, 1.54) is 6.42 Å². The van der Waals surface area contributed by atoms with Gasteiger partial charge in [-0.05, 0) is 37.3 Å². The highest BCUT2D eigenvalue weighted by atomic mass is 16.6. The highest BCUT2D eigenvalue weighted by molar-refractivity contribution is 5.81. The highest BCUT2D eigenvalue weighted by Crippen LogP contribution is 2.29. The van der Waals surface area contributed by atoms with Crippen molar-refractivity contribution in [3.8, 4) is 11.5 Å². The molecule has 0 unspecified atom stereocenters. The standard InChI is InChI=1S/C20H29NO5/c1-4-24-17-10-5-6-11-18(17)25-13-20(23)26-12-19(22)21-16-9-7-8-14(2)15(16)3/h5-6,10-11,14-16H,4,7-9,12-13H2,1-3H3,(H,21,22)/t14-,15+,16-/m1/s1. The molecule has 0 spiro atoms. The van der Waals surface area contributed by atoms with Gasteiger partial charge in [0.05, 0.1) is 6.61 Å². The average molecular weight is 363 g/mol. The van der Waals surface area contributed by atoms with Crippen molar-refractivity contribution >= 4 is 11.9 Å². The molecule has 1 N–H and O–H groups in total. The Morgan fingerprint density at radius 1 is 1.08 bits per heavy atom. The molecular formula is C20H29NO5. The predicted molar refractivity (Wildman–Crippen MR) is 98.2 cm³/mol. The summed E-state index contributed by atoms with van der Waals surface area (Å²) in [5.74, 6) is 1.22. The summed E-state index contributed by atoms with van der Waals surface area (Å²) in [5, 5.41) is 2.98. The SMILES string of the molecule is CCOc1ccccc1OCC(=O)OCC(=O)N[C@@H]1CCC[C@@H](C)[C@@H]1C. The van der Waals surface area contributed by atoms with Crippen molar-refractivity contribution in [3.63, 3.8) is 0 Å². The Labute approximate surface area is 155 Å². The lowest BCUT2D eigenvalue weighted by Gasteiger charge is -2.34. The third kappa shape index (κ3) is 5.93. The number of para-hydroxylation sites is 2. The van der Waals surface area contributed by atoms with Crippen molar-refractivity contribution < 1.29 is 23.8 Å². The topological polar surface area (TPSA) is 73.9 Å². The molecule has 6 nitrogen and oxygen atoms in total. The molecule has 0 bridgehead atoms. The second kappa shape index (κ2) is 10.0. The maximum atomic E-state index is 12.0. The number of benzene rings is 1. The van der Waals surface area contributed by atoms with E-state index in [-0.39, 0.29) is 25.2 Å². The van der Waals surface area contributed by atoms with Gasteiger partial charge >= 0.3 is 5.97 Å². The van der Waals surface area contributed by atoms with Gasteiger partial charge in [-0.15, -0.1) is 0 Å². The van der Waals surface area contributed by atoms with E-state index in [1.807, 2.05) is 13.0 Å². The second-order valence-electron chi connectivity index (χ2n) is 6.77. The number of hydrogen-bond donors (Lipinski definition) is 1. The highest BCUT2D eigenvalue weighted by Gasteiger charge is 2.28. The van der Waals surface area contributed by atoms with Gasteiger partial charge < -0.3 is 19.5 Å². The fraction of sp³-hybridized carbons (Fsp3) is 0.600. The number of esters is 1. The molecule has 2 rings (SSSR count). The molecule has 144 valence electrons. The average Bonchev–Trinajstić information content (AvgIpc) is 2.63. The number of carbonyl (C=O) groups is 2. The van der Waals surface area contributed by atoms with Gasteiger partial charge in [0.1, 0.15) is 0 Å². The van der Waals surface area contributed by atoms with E-state index in [4.69, 9.17) is 14.2 Å². The summed E-state index contributed by atoms with van der Waals surface area (Å²) in [7, 11) is 0. The van der Waals surface area contributed by atoms with Gasteiger partial charge in [-0.25, -0.2) is 4.79 Å². The molecular weight excluding hydrogens is 334 g/mol. The van der Waals surface area contributed by atoms with E-state index in [2.05, 4.69) is 19.2 Å². The van der Waals surface area contributed by atoms with Gasteiger partial charge in [0.15, 0.2) is 24.7 Å². The number of carbonyl (C=O) groups excluding carboxylic acids is 2. The molecule has 1 aromatic rings. The number of amides is 1. The van der Waals surface area contributed by atoms with Crippen LogP contribution in [0.25, 0.3) is 0 Å². The first kappa shape index (κ1) is 20.1. The minimum atomic E-state index is -0.587. The summed E-state index contributed by atoms with van der Waals surface area (Å²) in [6, 6.07) is 7.26. The van der Waals surface area contributed by atoms with Crippen LogP contribution in [0.3, 0.4) is 0 Å². The molecule has 3 atom stereocenters. The fourth-order valence-electron chi connectivity index (χ4n) is 3.20. The molecule has 0 radical (unpaired) electrons. The summed E-state index contributed by atoms with van der Waals surface area (Å²) in [6.07, 6.45) is 3.29. The lowest BCUT2D eigenvalue weighted by atomic mass is 9.78. The number of nitrogens with one attached hydrogen (secondary N) is 1. The normalized spacial score (nSPS) is 22.3. The Morgan fingerprint density at radius 2 is 1.77 bits per heavy atom. The summed E-state index contributed by atoms with van der Waals surface area (Å²) in [6.45, 7) is 6.19. The first-order chi connectivity index (χ1) is 12.5. The van der Waals surface area contributed by atoms with E-state index >= 15 is 0 Å². The Bertz CT molecular complexity index is 604. The zero-order valence-corrected chi connectivity index (χ0v) is 15.8. The fourth-order valence-corrected chi connectivity index (χ4v) is 3.20. The van der Waals surface area contributed by atoms with Crippen molar-refractivity contribution in [1.82, 2.24) is 5.32 Å². The number of hydrogen-bond acceptors (Lipinski definition) is 5. The lowest BCUT2D eigenvalue weighted by Crippen LogP contribution is -2.45. The summed E-state index contributed by atoms with van der Waals surface area (Å²) >= 11 is 0. The quantitative estimate of drug-likeness (QED) is 0.719. The molecule has 0 saturated heterocycles. The number of ether oxygens (including phenoxy) is 3. The van der Waals surface area contributed by atoms with Crippen LogP contribution in [-0.2, 0) is 14.3 Å². The van der Waals surface area contributed by atoms with Crippen LogP contribution in [0.2, 0.25) is 0 Å². The van der Waals surface area contributed by atoms with Gasteiger partial charge in [-0.3, -0.25) is 4.79 Å². The molecule has 0 aromatic heterocycles. The molecule has 1 fully saturated rings. The molecule has 6 heteroatoms. The van der Waals surface area contributed by atoms with Crippen LogP contribution < -0.4 is 14.8 Å². The number of rotatable bonds is 8. The van der Waals surface area contributed by atoms with E-state index in [0.29, 0.717) is 29.9 Å². The van der Waals surface area contributed by atoms with Gasteiger partial charge in [-0.1, -0.05) is 38.8 Å². The van der Waals surface area contributed by atoms with Crippen LogP contribution in [-0.4, -0.2) is 37.7 Å². The van der Waals surface area contributed by atoms with E-state index in [0.717, 1.165) is 12.8 Å². The zero-order valence-electron chi connectivity index (χ0n) is 15.8. The van der Waals surface area contributed by atoms with E-state index in [9.17, 15) is 9.59 Å². The van der Waals surface area contributed by atoms with Crippen molar-refractivity contribution in [1.29, 1.82) is 0 Å². The summed E-state index contributed by atoms with van der Waals surface area (Å²) in [4.78, 5) is 23.9. The molecule has 0 aliphatic heterocycles. The summed E-state index contributed by atoms with van der Waals surface area (Å²) in [5.41, 5.74) is 0. The van der Waals surface area contributed by atoms with Gasteiger partial charge in [0.2, 0.25) is 0 Å². The first-order valence-corrected chi connectivity index (χ1v) is 9.30. The van der Waals surface area contributed by atoms with Crippen molar-refractivity contribution in [3.05, 3.63) is 24.3 Å². The van der Waals surface area contributed by atoms with E-state index in [1.54, 1.807) is 18.2 Å². The van der Waals surface area contributed by atoms with Crippen LogP contribution in [0, 0.1) is 11.8 Å².